The molecule has 0 spiro atoms. The smallest absolute Gasteiger partial charge is 0.0451 e. The first-order valence-corrected chi connectivity index (χ1v) is 8.07. The summed E-state index contributed by atoms with van der Waals surface area (Å²) in [4.78, 5) is 0. The van der Waals surface area contributed by atoms with Crippen molar-refractivity contribution in [1.82, 2.24) is 5.32 Å². The van der Waals surface area contributed by atoms with E-state index in [9.17, 15) is 0 Å². The number of hydrogen-bond donors (Lipinski definition) is 1. The monoisotopic (exact) mass is 329 g/mol. The van der Waals surface area contributed by atoms with Crippen LogP contribution in [0.4, 0.5) is 0 Å². The molecule has 100 valence electrons. The summed E-state index contributed by atoms with van der Waals surface area (Å²) in [6.07, 6.45) is 8.49. The summed E-state index contributed by atoms with van der Waals surface area (Å²) in [6.45, 7) is 1.96. The van der Waals surface area contributed by atoms with Crippen molar-refractivity contribution in [2.24, 2.45) is 5.92 Å². The molecule has 18 heavy (non-hydrogen) atoms. The number of rotatable bonds is 6. The lowest BCUT2D eigenvalue weighted by Gasteiger charge is -2.10. The molecule has 1 fully saturated rings. The van der Waals surface area contributed by atoms with Crippen molar-refractivity contribution in [3.63, 3.8) is 0 Å². The average molecular weight is 331 g/mol. The first kappa shape index (κ1) is 14.4. The standard InChI is InChI=1S/C15H21BrClN/c16-14-7-8-15(17)13(10-14)11-18-9-3-6-12-4-1-2-5-12/h7-8,10,12,18H,1-6,9,11H2. The molecule has 1 aliphatic carbocycles. The van der Waals surface area contributed by atoms with Crippen molar-refractivity contribution >= 4 is 27.5 Å². The third kappa shape index (κ3) is 4.56. The lowest BCUT2D eigenvalue weighted by atomic mass is 10.0. The molecule has 0 bridgehead atoms. The second-order valence-corrected chi connectivity index (χ2v) is 6.53. The van der Waals surface area contributed by atoms with Crippen LogP contribution in [0.3, 0.4) is 0 Å². The van der Waals surface area contributed by atoms with E-state index < -0.39 is 0 Å². The summed E-state index contributed by atoms with van der Waals surface area (Å²) in [6, 6.07) is 6.01. The maximum absolute atomic E-state index is 6.15. The van der Waals surface area contributed by atoms with Crippen molar-refractivity contribution < 1.29 is 0 Å². The lowest BCUT2D eigenvalue weighted by Crippen LogP contribution is -2.15. The van der Waals surface area contributed by atoms with Crippen LogP contribution in [-0.2, 0) is 6.54 Å². The van der Waals surface area contributed by atoms with Crippen LogP contribution in [0.25, 0.3) is 0 Å². The van der Waals surface area contributed by atoms with Gasteiger partial charge in [-0.2, -0.15) is 0 Å². The zero-order valence-electron chi connectivity index (χ0n) is 10.7. The topological polar surface area (TPSA) is 12.0 Å². The lowest BCUT2D eigenvalue weighted by molar-refractivity contribution is 0.470. The molecule has 0 radical (unpaired) electrons. The molecule has 1 nitrogen and oxygen atoms in total. The summed E-state index contributed by atoms with van der Waals surface area (Å²) in [5, 5.41) is 4.34. The molecule has 0 aromatic heterocycles. The van der Waals surface area contributed by atoms with E-state index in [1.165, 1.54) is 44.1 Å². The zero-order valence-corrected chi connectivity index (χ0v) is 13.1. The molecule has 1 aromatic carbocycles. The molecule has 1 aromatic rings. The normalized spacial score (nSPS) is 16.3. The number of benzene rings is 1. The number of nitrogens with one attached hydrogen (secondary N) is 1. The van der Waals surface area contributed by atoms with E-state index in [0.717, 1.165) is 28.5 Å². The van der Waals surface area contributed by atoms with Gasteiger partial charge in [0.1, 0.15) is 0 Å². The van der Waals surface area contributed by atoms with Gasteiger partial charge in [0, 0.05) is 16.0 Å². The highest BCUT2D eigenvalue weighted by Gasteiger charge is 2.13. The van der Waals surface area contributed by atoms with Crippen LogP contribution < -0.4 is 5.32 Å². The molecule has 0 atom stereocenters. The fourth-order valence-electron chi connectivity index (χ4n) is 2.72. The van der Waals surface area contributed by atoms with Crippen LogP contribution in [0.2, 0.25) is 5.02 Å². The summed E-state index contributed by atoms with van der Waals surface area (Å²) < 4.78 is 1.09. The third-order valence-electron chi connectivity index (χ3n) is 3.76. The molecule has 0 aliphatic heterocycles. The Bertz CT molecular complexity index is 375. The largest absolute Gasteiger partial charge is 0.313 e. The van der Waals surface area contributed by atoms with Crippen molar-refractivity contribution in [2.75, 3.05) is 6.54 Å². The minimum Gasteiger partial charge on any atom is -0.313 e. The Morgan fingerprint density at radius 2 is 2.06 bits per heavy atom. The van der Waals surface area contributed by atoms with Gasteiger partial charge in [-0.05, 0) is 49.1 Å². The van der Waals surface area contributed by atoms with E-state index >= 15 is 0 Å². The molecule has 2 rings (SSSR count). The highest BCUT2D eigenvalue weighted by atomic mass is 79.9. The molecular formula is C15H21BrClN. The predicted molar refractivity (Wildman–Crippen MR) is 82.1 cm³/mol. The second kappa shape index (κ2) is 7.52. The Morgan fingerprint density at radius 3 is 2.83 bits per heavy atom. The highest BCUT2D eigenvalue weighted by Crippen LogP contribution is 2.28. The second-order valence-electron chi connectivity index (χ2n) is 5.21. The number of hydrogen-bond acceptors (Lipinski definition) is 1. The maximum Gasteiger partial charge on any atom is 0.0451 e. The van der Waals surface area contributed by atoms with Gasteiger partial charge in [-0.1, -0.05) is 53.2 Å². The number of halogens is 2. The zero-order chi connectivity index (χ0) is 12.8. The Balaban J connectivity index is 1.64. The third-order valence-corrected chi connectivity index (χ3v) is 4.63. The minimum absolute atomic E-state index is 0.849. The molecule has 0 heterocycles. The molecule has 1 saturated carbocycles. The molecule has 3 heteroatoms. The van der Waals surface area contributed by atoms with Gasteiger partial charge >= 0.3 is 0 Å². The minimum atomic E-state index is 0.849. The van der Waals surface area contributed by atoms with Crippen molar-refractivity contribution in [2.45, 2.75) is 45.1 Å². The summed E-state index contributed by atoms with van der Waals surface area (Å²) >= 11 is 9.63. The predicted octanol–water partition coefficient (Wildman–Crippen LogP) is 5.16. The van der Waals surface area contributed by atoms with Crippen molar-refractivity contribution in [3.05, 3.63) is 33.3 Å². The van der Waals surface area contributed by atoms with E-state index in [-0.39, 0.29) is 0 Å². The van der Waals surface area contributed by atoms with Gasteiger partial charge in [0.2, 0.25) is 0 Å². The van der Waals surface area contributed by atoms with Crippen LogP contribution >= 0.6 is 27.5 Å². The fraction of sp³-hybridized carbons (Fsp3) is 0.600. The van der Waals surface area contributed by atoms with E-state index in [1.807, 2.05) is 12.1 Å². The van der Waals surface area contributed by atoms with Crippen molar-refractivity contribution in [1.29, 1.82) is 0 Å². The first-order valence-electron chi connectivity index (χ1n) is 6.90. The quantitative estimate of drug-likeness (QED) is 0.710. The highest BCUT2D eigenvalue weighted by molar-refractivity contribution is 9.10. The Labute approximate surface area is 123 Å². The van der Waals surface area contributed by atoms with Crippen LogP contribution in [0.5, 0.6) is 0 Å². The van der Waals surface area contributed by atoms with Crippen LogP contribution in [0.1, 0.15) is 44.1 Å². The Kier molecular flexibility index (Phi) is 6.00. The molecule has 1 aliphatic rings. The molecule has 1 N–H and O–H groups in total. The Morgan fingerprint density at radius 1 is 1.28 bits per heavy atom. The average Bonchev–Trinajstić information content (AvgIpc) is 2.86. The van der Waals surface area contributed by atoms with E-state index in [4.69, 9.17) is 11.6 Å². The van der Waals surface area contributed by atoms with Gasteiger partial charge in [0.25, 0.3) is 0 Å². The van der Waals surface area contributed by atoms with Gasteiger partial charge in [0.05, 0.1) is 0 Å². The van der Waals surface area contributed by atoms with E-state index in [2.05, 4.69) is 27.3 Å². The van der Waals surface area contributed by atoms with Crippen molar-refractivity contribution in [3.8, 4) is 0 Å². The molecule has 0 saturated heterocycles. The Hall–Kier alpha value is -0.0500. The van der Waals surface area contributed by atoms with Gasteiger partial charge < -0.3 is 5.32 Å². The van der Waals surface area contributed by atoms with Gasteiger partial charge in [-0.15, -0.1) is 0 Å². The fourth-order valence-corrected chi connectivity index (χ4v) is 3.31. The summed E-state index contributed by atoms with van der Waals surface area (Å²) in [7, 11) is 0. The summed E-state index contributed by atoms with van der Waals surface area (Å²) in [5.74, 6) is 1.00. The molecular weight excluding hydrogens is 310 g/mol. The summed E-state index contributed by atoms with van der Waals surface area (Å²) in [5.41, 5.74) is 1.17. The maximum atomic E-state index is 6.15. The molecule has 0 unspecified atom stereocenters. The SMILES string of the molecule is Clc1ccc(Br)cc1CNCCCC1CCCC1. The van der Waals surface area contributed by atoms with E-state index in [0.29, 0.717) is 0 Å². The van der Waals surface area contributed by atoms with Crippen LogP contribution in [0.15, 0.2) is 22.7 Å². The molecule has 0 amide bonds. The van der Waals surface area contributed by atoms with Crippen LogP contribution in [-0.4, -0.2) is 6.54 Å². The van der Waals surface area contributed by atoms with Gasteiger partial charge in [0.15, 0.2) is 0 Å². The van der Waals surface area contributed by atoms with Crippen LogP contribution in [0, 0.1) is 5.92 Å². The van der Waals surface area contributed by atoms with Gasteiger partial charge in [-0.3, -0.25) is 0 Å². The first-order chi connectivity index (χ1) is 8.75. The van der Waals surface area contributed by atoms with E-state index in [1.54, 1.807) is 0 Å². The van der Waals surface area contributed by atoms with Gasteiger partial charge in [-0.25, -0.2) is 0 Å².